The molecule has 0 saturated heterocycles. The number of hydrogen-bond donors (Lipinski definition) is 4. The van der Waals surface area contributed by atoms with Crippen LogP contribution in [-0.4, -0.2) is 10.4 Å². The molecule has 0 aromatic rings. The summed E-state index contributed by atoms with van der Waals surface area (Å²) in [5.41, 5.74) is 0. The van der Waals surface area contributed by atoms with E-state index in [0.29, 0.717) is 0 Å². The molecular weight excluding hydrogens is 119 g/mol. The third kappa shape index (κ3) is 212. The zero-order chi connectivity index (χ0) is 4.00. The Morgan fingerprint density at radius 1 is 0.800 bits per heavy atom. The molecule has 38 valence electrons. The van der Waals surface area contributed by atoms with Crippen molar-refractivity contribution in [3.63, 3.8) is 0 Å². The van der Waals surface area contributed by atoms with Gasteiger partial charge in [-0.3, -0.25) is 0 Å². The fourth-order valence-electron chi connectivity index (χ4n) is 0. The van der Waals surface area contributed by atoms with E-state index in [1.54, 1.807) is 0 Å². The van der Waals surface area contributed by atoms with Crippen LogP contribution in [-0.2, 0) is 16.5 Å². The van der Waals surface area contributed by atoms with Crippen molar-refractivity contribution < 1.29 is 26.9 Å². The van der Waals surface area contributed by atoms with E-state index in [2.05, 4.69) is 11.8 Å². The van der Waals surface area contributed by atoms with Gasteiger partial charge in [0.25, 0.3) is 0 Å². The summed E-state index contributed by atoms with van der Waals surface area (Å²) in [5, 5.41) is 13.0. The van der Waals surface area contributed by atoms with E-state index in [4.69, 9.17) is 10.4 Å². The Bertz CT molecular complexity index is 7.61. The molecule has 0 aromatic carbocycles. The molecule has 0 heterocycles. The summed E-state index contributed by atoms with van der Waals surface area (Å²) in [7, 11) is 0. The monoisotopic (exact) mass is 124 g/mol. The molecule has 0 aliphatic carbocycles. The van der Waals surface area contributed by atoms with Crippen LogP contribution >= 0.6 is 0 Å². The standard InChI is InChI=1S/2H3NO.Ni/c2*1-2;/h2*2H,1H2;. The summed E-state index contributed by atoms with van der Waals surface area (Å²) in [6.07, 6.45) is 0. The Balaban J connectivity index is -0.0000000133. The van der Waals surface area contributed by atoms with E-state index in [9.17, 15) is 0 Å². The maximum Gasteiger partial charge on any atom is 0 e. The Morgan fingerprint density at radius 2 is 0.800 bits per heavy atom. The van der Waals surface area contributed by atoms with Crippen molar-refractivity contribution in [2.24, 2.45) is 11.8 Å². The van der Waals surface area contributed by atoms with Crippen LogP contribution in [0.25, 0.3) is 0 Å². The van der Waals surface area contributed by atoms with Gasteiger partial charge in [-0.25, -0.2) is 11.8 Å². The van der Waals surface area contributed by atoms with Gasteiger partial charge in [0.1, 0.15) is 0 Å². The first-order chi connectivity index (χ1) is 2.00. The molecular formula is H6N2NiO2. The Hall–Kier alpha value is 0.334. The molecule has 6 N–H and O–H groups in total. The summed E-state index contributed by atoms with van der Waals surface area (Å²) < 4.78 is 0. The molecule has 0 aliphatic rings. The fraction of sp³-hybridized carbons (Fsp3) is 0. The van der Waals surface area contributed by atoms with Gasteiger partial charge in [0.2, 0.25) is 0 Å². The van der Waals surface area contributed by atoms with Crippen molar-refractivity contribution in [1.29, 1.82) is 0 Å². The summed E-state index contributed by atoms with van der Waals surface area (Å²) in [6.45, 7) is 0. The van der Waals surface area contributed by atoms with Gasteiger partial charge < -0.3 is 10.4 Å². The SMILES string of the molecule is NO.NO.[Ni]. The Kier molecular flexibility index (Phi) is 1590. The molecule has 5 heteroatoms. The first-order valence-electron chi connectivity index (χ1n) is 0.516. The first-order valence-corrected chi connectivity index (χ1v) is 0.516. The average molecular weight is 125 g/mol. The molecule has 0 fully saturated rings. The van der Waals surface area contributed by atoms with E-state index >= 15 is 0 Å². The van der Waals surface area contributed by atoms with Gasteiger partial charge in [-0.2, -0.15) is 0 Å². The van der Waals surface area contributed by atoms with E-state index in [1.807, 2.05) is 0 Å². The maximum atomic E-state index is 6.50. The van der Waals surface area contributed by atoms with Gasteiger partial charge in [0.05, 0.1) is 0 Å². The normalized spacial score (nSPS) is 2.40. The molecule has 0 bridgehead atoms. The quantitative estimate of drug-likeness (QED) is 0.238. The Morgan fingerprint density at radius 3 is 0.800 bits per heavy atom. The van der Waals surface area contributed by atoms with Crippen molar-refractivity contribution in [1.82, 2.24) is 0 Å². The largest absolute Gasteiger partial charge is 0.320 e. The molecule has 0 radical (unpaired) electrons. The zero-order valence-electron chi connectivity index (χ0n) is 2.37. The van der Waals surface area contributed by atoms with Crippen molar-refractivity contribution in [2.45, 2.75) is 0 Å². The molecule has 0 amide bonds. The molecule has 4 nitrogen and oxygen atoms in total. The van der Waals surface area contributed by atoms with Crippen LogP contribution in [0.4, 0.5) is 0 Å². The smallest absolute Gasteiger partial charge is 0 e. The van der Waals surface area contributed by atoms with E-state index < -0.39 is 0 Å². The van der Waals surface area contributed by atoms with Gasteiger partial charge in [-0.1, -0.05) is 0 Å². The predicted molar refractivity (Wildman–Crippen MR) is 11.9 cm³/mol. The van der Waals surface area contributed by atoms with Crippen LogP contribution in [0.2, 0.25) is 0 Å². The molecule has 0 aromatic heterocycles. The summed E-state index contributed by atoms with van der Waals surface area (Å²) in [6, 6.07) is 0. The minimum atomic E-state index is 0. The number of nitrogens with two attached hydrogens (primary N) is 2. The minimum Gasteiger partial charge on any atom is -0.320 e. The van der Waals surface area contributed by atoms with Crippen LogP contribution in [0.1, 0.15) is 0 Å². The summed E-state index contributed by atoms with van der Waals surface area (Å²) >= 11 is 0. The first kappa shape index (κ1) is 18.4. The average Bonchev–Trinajstić information content (AvgIpc) is 1.50. The molecule has 0 unspecified atom stereocenters. The van der Waals surface area contributed by atoms with Crippen molar-refractivity contribution in [3.8, 4) is 0 Å². The third-order valence-electron chi connectivity index (χ3n) is 0. The van der Waals surface area contributed by atoms with Crippen LogP contribution in [0, 0.1) is 0 Å². The van der Waals surface area contributed by atoms with Gasteiger partial charge in [-0.05, 0) is 0 Å². The van der Waals surface area contributed by atoms with E-state index in [1.165, 1.54) is 0 Å². The van der Waals surface area contributed by atoms with Crippen LogP contribution < -0.4 is 11.8 Å². The van der Waals surface area contributed by atoms with E-state index in [0.717, 1.165) is 0 Å². The van der Waals surface area contributed by atoms with Crippen LogP contribution in [0.3, 0.4) is 0 Å². The van der Waals surface area contributed by atoms with Gasteiger partial charge in [-0.15, -0.1) is 0 Å². The van der Waals surface area contributed by atoms with Crippen molar-refractivity contribution in [3.05, 3.63) is 0 Å². The molecule has 0 rings (SSSR count). The second kappa shape index (κ2) is 433. The topological polar surface area (TPSA) is 92.5 Å². The maximum absolute atomic E-state index is 6.50. The van der Waals surface area contributed by atoms with Crippen molar-refractivity contribution in [2.75, 3.05) is 0 Å². The number of hydrogen-bond acceptors (Lipinski definition) is 4. The zero-order valence-corrected chi connectivity index (χ0v) is 3.35. The molecule has 0 saturated carbocycles. The van der Waals surface area contributed by atoms with Crippen molar-refractivity contribution >= 4 is 0 Å². The summed E-state index contributed by atoms with van der Waals surface area (Å²) in [4.78, 5) is 0. The molecule has 0 spiro atoms. The fourth-order valence-corrected chi connectivity index (χ4v) is 0. The minimum absolute atomic E-state index is 0. The Labute approximate surface area is 39.6 Å². The molecule has 5 heavy (non-hydrogen) atoms. The summed E-state index contributed by atoms with van der Waals surface area (Å²) in [5.74, 6) is 7.00. The van der Waals surface area contributed by atoms with Gasteiger partial charge in [0.15, 0.2) is 0 Å². The predicted octanol–water partition coefficient (Wildman–Crippen LogP) is -1.33. The number of rotatable bonds is 0. The second-order valence-electron chi connectivity index (χ2n) is 0. The van der Waals surface area contributed by atoms with Gasteiger partial charge >= 0.3 is 0 Å². The van der Waals surface area contributed by atoms with Gasteiger partial charge in [0, 0.05) is 16.5 Å². The molecule has 0 aliphatic heterocycles. The third-order valence-corrected chi connectivity index (χ3v) is 0. The van der Waals surface area contributed by atoms with Crippen LogP contribution in [0.5, 0.6) is 0 Å². The van der Waals surface area contributed by atoms with Crippen LogP contribution in [0.15, 0.2) is 0 Å². The van der Waals surface area contributed by atoms with E-state index in [-0.39, 0.29) is 16.5 Å². The molecule has 0 atom stereocenters. The second-order valence-corrected chi connectivity index (χ2v) is 0.